The lowest BCUT2D eigenvalue weighted by atomic mass is 10.1. The molecular formula is C14H15FN2O4. The van der Waals surface area contributed by atoms with Gasteiger partial charge in [0.15, 0.2) is 0 Å². The number of carbonyl (C=O) groups excluding carboxylic acids is 2. The number of aliphatic carboxylic acids is 1. The van der Waals surface area contributed by atoms with Crippen LogP contribution in [0.4, 0.5) is 10.1 Å². The van der Waals surface area contributed by atoms with Crippen molar-refractivity contribution in [3.8, 4) is 0 Å². The molecule has 1 fully saturated rings. The van der Waals surface area contributed by atoms with E-state index in [9.17, 15) is 18.8 Å². The average molecular weight is 294 g/mol. The predicted octanol–water partition coefficient (Wildman–Crippen LogP) is 0.768. The molecule has 0 aromatic heterocycles. The molecule has 2 atom stereocenters. The molecule has 2 rings (SSSR count). The Hall–Kier alpha value is -2.44. The van der Waals surface area contributed by atoms with Gasteiger partial charge in [0, 0.05) is 13.0 Å². The summed E-state index contributed by atoms with van der Waals surface area (Å²) >= 11 is 0. The first kappa shape index (κ1) is 15.0. The first-order chi connectivity index (χ1) is 9.90. The molecule has 1 aromatic carbocycles. The maximum absolute atomic E-state index is 13.7. The molecule has 0 saturated carbocycles. The van der Waals surface area contributed by atoms with Crippen molar-refractivity contribution in [3.05, 3.63) is 30.1 Å². The van der Waals surface area contributed by atoms with Gasteiger partial charge >= 0.3 is 5.97 Å². The van der Waals surface area contributed by atoms with Crippen LogP contribution in [0.3, 0.4) is 0 Å². The Labute approximate surface area is 120 Å². The smallest absolute Gasteiger partial charge is 0.325 e. The second kappa shape index (κ2) is 5.90. The summed E-state index contributed by atoms with van der Waals surface area (Å²) < 4.78 is 13.7. The minimum atomic E-state index is -1.15. The molecule has 2 amide bonds. The van der Waals surface area contributed by atoms with Crippen LogP contribution in [0.15, 0.2) is 24.3 Å². The van der Waals surface area contributed by atoms with Crippen molar-refractivity contribution >= 4 is 23.5 Å². The molecule has 0 spiro atoms. The Morgan fingerprint density at radius 2 is 2.10 bits per heavy atom. The second-order valence-corrected chi connectivity index (χ2v) is 4.93. The summed E-state index contributed by atoms with van der Waals surface area (Å²) in [5.41, 5.74) is 0.129. The molecule has 7 heteroatoms. The van der Waals surface area contributed by atoms with E-state index in [1.54, 1.807) is 6.07 Å². The fourth-order valence-corrected chi connectivity index (χ4v) is 2.18. The number of anilines is 1. The van der Waals surface area contributed by atoms with Gasteiger partial charge in [0.1, 0.15) is 11.9 Å². The summed E-state index contributed by atoms with van der Waals surface area (Å²) in [4.78, 5) is 35.8. The number of rotatable bonds is 4. The summed E-state index contributed by atoms with van der Waals surface area (Å²) in [5, 5.41) is 11.1. The van der Waals surface area contributed by atoms with Crippen LogP contribution in [0.1, 0.15) is 13.3 Å². The van der Waals surface area contributed by atoms with Crippen molar-refractivity contribution in [1.29, 1.82) is 0 Å². The number of amides is 2. The number of benzene rings is 1. The Morgan fingerprint density at radius 1 is 1.43 bits per heavy atom. The molecule has 112 valence electrons. The van der Waals surface area contributed by atoms with Crippen molar-refractivity contribution < 1.29 is 23.9 Å². The van der Waals surface area contributed by atoms with Crippen LogP contribution in [0.25, 0.3) is 0 Å². The average Bonchev–Trinajstić information content (AvgIpc) is 2.81. The summed E-state index contributed by atoms with van der Waals surface area (Å²) in [7, 11) is 0. The van der Waals surface area contributed by atoms with Crippen LogP contribution in [0.2, 0.25) is 0 Å². The second-order valence-electron chi connectivity index (χ2n) is 4.93. The molecule has 1 aromatic rings. The van der Waals surface area contributed by atoms with Gasteiger partial charge in [-0.25, -0.2) is 4.39 Å². The quantitative estimate of drug-likeness (QED) is 0.858. The van der Waals surface area contributed by atoms with Crippen LogP contribution >= 0.6 is 0 Å². The number of carboxylic acids is 1. The monoisotopic (exact) mass is 294 g/mol. The first-order valence-electron chi connectivity index (χ1n) is 6.48. The minimum absolute atomic E-state index is 0.0396. The van der Waals surface area contributed by atoms with Gasteiger partial charge < -0.3 is 15.3 Å². The Morgan fingerprint density at radius 3 is 2.71 bits per heavy atom. The van der Waals surface area contributed by atoms with Crippen molar-refractivity contribution in [2.24, 2.45) is 5.92 Å². The maximum atomic E-state index is 13.7. The molecule has 0 radical (unpaired) electrons. The van der Waals surface area contributed by atoms with Crippen molar-refractivity contribution in [1.82, 2.24) is 5.32 Å². The molecule has 0 bridgehead atoms. The third-order valence-corrected chi connectivity index (χ3v) is 3.37. The number of halogens is 1. The van der Waals surface area contributed by atoms with Crippen LogP contribution in [-0.4, -0.2) is 35.5 Å². The molecule has 1 saturated heterocycles. The number of carboxylic acid groups (broad SMARTS) is 1. The maximum Gasteiger partial charge on any atom is 0.325 e. The van der Waals surface area contributed by atoms with Crippen LogP contribution < -0.4 is 10.2 Å². The van der Waals surface area contributed by atoms with Crippen molar-refractivity contribution in [2.75, 3.05) is 11.4 Å². The van der Waals surface area contributed by atoms with E-state index >= 15 is 0 Å². The number of nitrogens with one attached hydrogen (secondary N) is 1. The fourth-order valence-electron chi connectivity index (χ4n) is 2.18. The van der Waals surface area contributed by atoms with Gasteiger partial charge in [-0.05, 0) is 19.1 Å². The summed E-state index contributed by atoms with van der Waals surface area (Å²) in [6, 6.07) is 4.79. The van der Waals surface area contributed by atoms with Crippen LogP contribution in [-0.2, 0) is 14.4 Å². The third kappa shape index (κ3) is 3.18. The summed E-state index contributed by atoms with van der Waals surface area (Å²) in [6.07, 6.45) is -0.0630. The van der Waals surface area contributed by atoms with Crippen molar-refractivity contribution in [3.63, 3.8) is 0 Å². The zero-order chi connectivity index (χ0) is 15.6. The van der Waals surface area contributed by atoms with E-state index in [4.69, 9.17) is 5.11 Å². The van der Waals surface area contributed by atoms with E-state index < -0.39 is 29.7 Å². The zero-order valence-corrected chi connectivity index (χ0v) is 11.4. The molecule has 21 heavy (non-hydrogen) atoms. The third-order valence-electron chi connectivity index (χ3n) is 3.37. The largest absolute Gasteiger partial charge is 0.480 e. The van der Waals surface area contributed by atoms with E-state index in [1.165, 1.54) is 30.0 Å². The number of nitrogens with zero attached hydrogens (tertiary/aromatic N) is 1. The van der Waals surface area contributed by atoms with Gasteiger partial charge in [-0.2, -0.15) is 0 Å². The van der Waals surface area contributed by atoms with Gasteiger partial charge in [0.05, 0.1) is 11.6 Å². The number of carbonyl (C=O) groups is 3. The molecule has 2 N–H and O–H groups in total. The Bertz CT molecular complexity index is 590. The normalized spacial score (nSPS) is 19.4. The van der Waals surface area contributed by atoms with Crippen LogP contribution in [0, 0.1) is 11.7 Å². The number of para-hydroxylation sites is 1. The lowest BCUT2D eigenvalue weighted by Gasteiger charge is -2.17. The molecule has 0 aliphatic carbocycles. The van der Waals surface area contributed by atoms with Gasteiger partial charge in [0.25, 0.3) is 0 Å². The summed E-state index contributed by atoms with van der Waals surface area (Å²) in [5.74, 6) is -3.25. The highest BCUT2D eigenvalue weighted by Gasteiger charge is 2.36. The lowest BCUT2D eigenvalue weighted by molar-refractivity contribution is -0.141. The van der Waals surface area contributed by atoms with E-state index in [-0.39, 0.29) is 24.6 Å². The summed E-state index contributed by atoms with van der Waals surface area (Å²) in [6.45, 7) is 1.38. The van der Waals surface area contributed by atoms with E-state index in [1.807, 2.05) is 0 Å². The lowest BCUT2D eigenvalue weighted by Crippen LogP contribution is -2.42. The predicted molar refractivity (Wildman–Crippen MR) is 72.1 cm³/mol. The number of hydrogen-bond donors (Lipinski definition) is 2. The molecule has 1 aliphatic rings. The molecular weight excluding hydrogens is 279 g/mol. The SMILES string of the molecule is C[C@H](NC(=O)C1CC(=O)N(c2ccccc2F)C1)C(=O)O. The van der Waals surface area contributed by atoms with Gasteiger partial charge in [-0.3, -0.25) is 14.4 Å². The zero-order valence-electron chi connectivity index (χ0n) is 11.4. The fraction of sp³-hybridized carbons (Fsp3) is 0.357. The van der Waals surface area contributed by atoms with Gasteiger partial charge in [0.2, 0.25) is 11.8 Å². The highest BCUT2D eigenvalue weighted by molar-refractivity contribution is 6.00. The van der Waals surface area contributed by atoms with Gasteiger partial charge in [-0.15, -0.1) is 0 Å². The topological polar surface area (TPSA) is 86.7 Å². The Balaban J connectivity index is 2.08. The van der Waals surface area contributed by atoms with Crippen LogP contribution in [0.5, 0.6) is 0 Å². The molecule has 1 heterocycles. The first-order valence-corrected chi connectivity index (χ1v) is 6.48. The van der Waals surface area contributed by atoms with E-state index in [0.29, 0.717) is 0 Å². The molecule has 1 aliphatic heterocycles. The standard InChI is InChI=1S/C14H15FN2O4/c1-8(14(20)21)16-13(19)9-6-12(18)17(7-9)11-5-3-2-4-10(11)15/h2-5,8-9H,6-7H2,1H3,(H,16,19)(H,20,21)/t8-,9?/m0/s1. The minimum Gasteiger partial charge on any atom is -0.480 e. The van der Waals surface area contributed by atoms with Gasteiger partial charge in [-0.1, -0.05) is 12.1 Å². The van der Waals surface area contributed by atoms with Crippen molar-refractivity contribution in [2.45, 2.75) is 19.4 Å². The molecule has 1 unspecified atom stereocenters. The molecule has 6 nitrogen and oxygen atoms in total. The van der Waals surface area contributed by atoms with E-state index in [2.05, 4.69) is 5.32 Å². The Kier molecular flexibility index (Phi) is 4.21. The van der Waals surface area contributed by atoms with E-state index in [0.717, 1.165) is 0 Å². The highest BCUT2D eigenvalue weighted by Crippen LogP contribution is 2.27. The highest BCUT2D eigenvalue weighted by atomic mass is 19.1. The number of hydrogen-bond acceptors (Lipinski definition) is 3.